The normalized spacial score (nSPS) is 11.0. The minimum atomic E-state index is -0.338. The first-order chi connectivity index (χ1) is 12.2. The zero-order valence-corrected chi connectivity index (χ0v) is 15.2. The molecule has 2 aromatic carbocycles. The highest BCUT2D eigenvalue weighted by Gasteiger charge is 2.10. The smallest absolute Gasteiger partial charge is 0.272 e. The maximum atomic E-state index is 12.1. The van der Waals surface area contributed by atoms with E-state index in [1.165, 1.54) is 5.56 Å². The van der Waals surface area contributed by atoms with Crippen LogP contribution >= 0.6 is 15.9 Å². The average Bonchev–Trinajstić information content (AvgIpc) is 3.12. The quantitative estimate of drug-likeness (QED) is 0.501. The van der Waals surface area contributed by atoms with Gasteiger partial charge in [-0.05, 0) is 35.7 Å². The molecule has 5 nitrogen and oxygen atoms in total. The number of aromatic nitrogens is 2. The van der Waals surface area contributed by atoms with Crippen LogP contribution in [-0.4, -0.2) is 22.3 Å². The third kappa shape index (κ3) is 4.42. The molecule has 0 spiro atoms. The van der Waals surface area contributed by atoms with Gasteiger partial charge in [0.2, 0.25) is 0 Å². The van der Waals surface area contributed by atoms with Crippen molar-refractivity contribution in [2.45, 2.75) is 13.3 Å². The van der Waals surface area contributed by atoms with E-state index in [0.29, 0.717) is 5.69 Å². The van der Waals surface area contributed by atoms with Gasteiger partial charge in [-0.15, -0.1) is 0 Å². The number of halogens is 1. The number of rotatable bonds is 5. The fraction of sp³-hybridized carbons (Fsp3) is 0.105. The van der Waals surface area contributed by atoms with Gasteiger partial charge in [0.05, 0.1) is 11.9 Å². The molecular weight excluding hydrogens is 380 g/mol. The topological polar surface area (TPSA) is 70.1 Å². The summed E-state index contributed by atoms with van der Waals surface area (Å²) in [5.74, 6) is -0.338. The molecule has 1 amide bonds. The summed E-state index contributed by atoms with van der Waals surface area (Å²) in [4.78, 5) is 12.1. The highest BCUT2D eigenvalue weighted by molar-refractivity contribution is 9.10. The SMILES string of the molecule is CCc1ccc(-c2cc(C(=O)NN=Cc3cccc(Br)c3)[nH]n2)cc1. The van der Waals surface area contributed by atoms with Gasteiger partial charge < -0.3 is 0 Å². The Balaban J connectivity index is 1.66. The Morgan fingerprint density at radius 3 is 2.76 bits per heavy atom. The van der Waals surface area contributed by atoms with Crippen molar-refractivity contribution in [3.05, 3.63) is 75.9 Å². The molecule has 0 aliphatic rings. The molecule has 126 valence electrons. The van der Waals surface area contributed by atoms with Crippen LogP contribution in [0.2, 0.25) is 0 Å². The lowest BCUT2D eigenvalue weighted by molar-refractivity contribution is 0.0950. The van der Waals surface area contributed by atoms with Crippen LogP contribution in [0, 0.1) is 0 Å². The molecule has 0 saturated heterocycles. The van der Waals surface area contributed by atoms with E-state index in [2.05, 4.69) is 55.7 Å². The van der Waals surface area contributed by atoms with Crippen molar-refractivity contribution >= 4 is 28.1 Å². The van der Waals surface area contributed by atoms with E-state index in [1.807, 2.05) is 36.4 Å². The molecule has 1 aromatic heterocycles. The molecule has 2 N–H and O–H groups in total. The second kappa shape index (κ2) is 7.90. The summed E-state index contributed by atoms with van der Waals surface area (Å²) in [7, 11) is 0. The number of hydrogen-bond donors (Lipinski definition) is 2. The summed E-state index contributed by atoms with van der Waals surface area (Å²) >= 11 is 3.39. The lowest BCUT2D eigenvalue weighted by Crippen LogP contribution is -2.17. The van der Waals surface area contributed by atoms with Crippen LogP contribution in [0.1, 0.15) is 28.5 Å². The van der Waals surface area contributed by atoms with Crippen LogP contribution < -0.4 is 5.43 Å². The van der Waals surface area contributed by atoms with Crippen LogP contribution in [0.25, 0.3) is 11.3 Å². The number of amides is 1. The number of aryl methyl sites for hydroxylation is 1. The maximum Gasteiger partial charge on any atom is 0.289 e. The first-order valence-electron chi connectivity index (χ1n) is 7.89. The molecule has 0 bridgehead atoms. The maximum absolute atomic E-state index is 12.1. The minimum Gasteiger partial charge on any atom is -0.272 e. The molecule has 6 heteroatoms. The Kier molecular flexibility index (Phi) is 5.40. The van der Waals surface area contributed by atoms with E-state index in [4.69, 9.17) is 0 Å². The standard InChI is InChI=1S/C19H17BrN4O/c1-2-13-6-8-15(9-7-13)17-11-18(23-22-17)19(25)24-21-12-14-4-3-5-16(20)10-14/h3-12H,2H2,1H3,(H,22,23)(H,24,25). The number of nitrogens with zero attached hydrogens (tertiary/aromatic N) is 2. The third-order valence-corrected chi connectivity index (χ3v) is 4.20. The first kappa shape index (κ1) is 17.1. The number of nitrogens with one attached hydrogen (secondary N) is 2. The Morgan fingerprint density at radius 1 is 1.24 bits per heavy atom. The van der Waals surface area contributed by atoms with Gasteiger partial charge in [-0.3, -0.25) is 9.89 Å². The molecule has 0 saturated carbocycles. The van der Waals surface area contributed by atoms with Crippen molar-refractivity contribution in [1.82, 2.24) is 15.6 Å². The van der Waals surface area contributed by atoms with Crippen molar-refractivity contribution in [3.63, 3.8) is 0 Å². The van der Waals surface area contributed by atoms with E-state index in [-0.39, 0.29) is 5.91 Å². The summed E-state index contributed by atoms with van der Waals surface area (Å²) < 4.78 is 0.954. The molecule has 0 fully saturated rings. The second-order valence-corrected chi connectivity index (χ2v) is 6.39. The number of hydrazone groups is 1. The molecule has 0 radical (unpaired) electrons. The molecule has 25 heavy (non-hydrogen) atoms. The highest BCUT2D eigenvalue weighted by Crippen LogP contribution is 2.18. The van der Waals surface area contributed by atoms with Gasteiger partial charge in [-0.25, -0.2) is 5.43 Å². The van der Waals surface area contributed by atoms with Crippen molar-refractivity contribution < 1.29 is 4.79 Å². The van der Waals surface area contributed by atoms with Crippen molar-refractivity contribution in [3.8, 4) is 11.3 Å². The van der Waals surface area contributed by atoms with E-state index < -0.39 is 0 Å². The molecule has 0 aliphatic heterocycles. The van der Waals surface area contributed by atoms with Crippen molar-refractivity contribution in [1.29, 1.82) is 0 Å². The Hall–Kier alpha value is -2.73. The van der Waals surface area contributed by atoms with Crippen molar-refractivity contribution in [2.24, 2.45) is 5.10 Å². The summed E-state index contributed by atoms with van der Waals surface area (Å²) in [6, 6.07) is 17.5. The van der Waals surface area contributed by atoms with Gasteiger partial charge in [-0.1, -0.05) is 59.3 Å². The molecule has 0 unspecified atom stereocenters. The van der Waals surface area contributed by atoms with Gasteiger partial charge in [0, 0.05) is 10.0 Å². The van der Waals surface area contributed by atoms with E-state index in [1.54, 1.807) is 12.3 Å². The van der Waals surface area contributed by atoms with Gasteiger partial charge in [0.1, 0.15) is 5.69 Å². The average molecular weight is 397 g/mol. The number of aromatic amines is 1. The lowest BCUT2D eigenvalue weighted by atomic mass is 10.1. The van der Waals surface area contributed by atoms with Crippen molar-refractivity contribution in [2.75, 3.05) is 0 Å². The number of hydrogen-bond acceptors (Lipinski definition) is 3. The predicted molar refractivity (Wildman–Crippen MR) is 103 cm³/mol. The monoisotopic (exact) mass is 396 g/mol. The summed E-state index contributed by atoms with van der Waals surface area (Å²) in [5, 5.41) is 10.9. The van der Waals surface area contributed by atoms with Crippen LogP contribution in [0.4, 0.5) is 0 Å². The molecule has 3 rings (SSSR count). The summed E-state index contributed by atoms with van der Waals surface area (Å²) in [6.07, 6.45) is 2.58. The van der Waals surface area contributed by atoms with E-state index >= 15 is 0 Å². The Morgan fingerprint density at radius 2 is 2.04 bits per heavy atom. The van der Waals surface area contributed by atoms with E-state index in [9.17, 15) is 4.79 Å². The number of H-pyrrole nitrogens is 1. The van der Waals surface area contributed by atoms with Crippen LogP contribution in [-0.2, 0) is 6.42 Å². The molecule has 0 aliphatic carbocycles. The number of carbonyl (C=O) groups is 1. The third-order valence-electron chi connectivity index (χ3n) is 3.71. The molecule has 3 aromatic rings. The predicted octanol–water partition coefficient (Wildman–Crippen LogP) is 4.17. The van der Waals surface area contributed by atoms with Gasteiger partial charge in [0.25, 0.3) is 5.91 Å². The number of benzene rings is 2. The van der Waals surface area contributed by atoms with Gasteiger partial charge in [-0.2, -0.15) is 10.2 Å². The van der Waals surface area contributed by atoms with Gasteiger partial charge in [0.15, 0.2) is 0 Å². The second-order valence-electron chi connectivity index (χ2n) is 5.47. The number of carbonyl (C=O) groups excluding carboxylic acids is 1. The zero-order valence-electron chi connectivity index (χ0n) is 13.7. The first-order valence-corrected chi connectivity index (χ1v) is 8.68. The van der Waals surface area contributed by atoms with E-state index in [0.717, 1.165) is 27.7 Å². The Bertz CT molecular complexity index is 900. The molecule has 1 heterocycles. The zero-order chi connectivity index (χ0) is 17.6. The largest absolute Gasteiger partial charge is 0.289 e. The highest BCUT2D eigenvalue weighted by atomic mass is 79.9. The summed E-state index contributed by atoms with van der Waals surface area (Å²) in [5.41, 5.74) is 6.69. The van der Waals surface area contributed by atoms with Gasteiger partial charge >= 0.3 is 0 Å². The minimum absolute atomic E-state index is 0.338. The Labute approximate surface area is 154 Å². The fourth-order valence-electron chi connectivity index (χ4n) is 2.31. The summed E-state index contributed by atoms with van der Waals surface area (Å²) in [6.45, 7) is 2.11. The van der Waals surface area contributed by atoms with Crippen LogP contribution in [0.5, 0.6) is 0 Å². The van der Waals surface area contributed by atoms with Crippen LogP contribution in [0.15, 0.2) is 64.2 Å². The molecule has 0 atom stereocenters. The molecular formula is C19H17BrN4O. The lowest BCUT2D eigenvalue weighted by Gasteiger charge is -1.98. The fourth-order valence-corrected chi connectivity index (χ4v) is 2.73. The van der Waals surface area contributed by atoms with Crippen LogP contribution in [0.3, 0.4) is 0 Å².